The molecule has 3 nitrogen and oxygen atoms in total. The van der Waals surface area contributed by atoms with E-state index in [2.05, 4.69) is 6.07 Å². The number of thioether (sulfide) groups is 1. The van der Waals surface area contributed by atoms with Crippen molar-refractivity contribution in [3.63, 3.8) is 0 Å². The molecule has 0 aliphatic rings. The second-order valence-electron chi connectivity index (χ2n) is 3.55. The Morgan fingerprint density at radius 3 is 2.53 bits per heavy atom. The Kier molecular flexibility index (Phi) is 7.08. The van der Waals surface area contributed by atoms with Crippen LogP contribution < -0.4 is 5.73 Å². The van der Waals surface area contributed by atoms with Crippen LogP contribution >= 0.6 is 11.8 Å². The first kappa shape index (κ1) is 14.4. The summed E-state index contributed by atoms with van der Waals surface area (Å²) in [6.07, 6.45) is 0.805. The monoisotopic (exact) mass is 255 g/mol. The molecule has 1 rings (SSSR count). The average Bonchev–Trinajstić information content (AvgIpc) is 2.30. The molecule has 0 fully saturated rings. The Morgan fingerprint density at radius 2 is 1.94 bits per heavy atom. The Bertz CT molecular complexity index is 314. The van der Waals surface area contributed by atoms with Gasteiger partial charge in [0.15, 0.2) is 6.29 Å². The van der Waals surface area contributed by atoms with E-state index >= 15 is 0 Å². The molecule has 0 aromatic heterocycles. The summed E-state index contributed by atoms with van der Waals surface area (Å²) in [5, 5.41) is 0. The minimum absolute atomic E-state index is 0.0847. The van der Waals surface area contributed by atoms with Crippen LogP contribution in [-0.4, -0.2) is 25.3 Å². The maximum Gasteiger partial charge on any atom is 0.158 e. The van der Waals surface area contributed by atoms with E-state index in [1.165, 1.54) is 4.90 Å². The molecule has 0 saturated heterocycles. The summed E-state index contributed by atoms with van der Waals surface area (Å²) in [5.74, 6) is 0.966. The highest BCUT2D eigenvalue weighted by Crippen LogP contribution is 2.21. The molecule has 2 N–H and O–H groups in total. The van der Waals surface area contributed by atoms with Crippen molar-refractivity contribution in [1.82, 2.24) is 0 Å². The predicted octanol–water partition coefficient (Wildman–Crippen LogP) is 3.15. The third kappa shape index (κ3) is 5.96. The summed E-state index contributed by atoms with van der Waals surface area (Å²) < 4.78 is 11.0. The SMILES string of the molecule is CCOC(CCSc1cccc(N)c1)OCC. The number of nitrogens with two attached hydrogens (primary N) is 1. The van der Waals surface area contributed by atoms with Crippen molar-refractivity contribution in [2.24, 2.45) is 0 Å². The van der Waals surface area contributed by atoms with Crippen molar-refractivity contribution in [2.45, 2.75) is 31.5 Å². The van der Waals surface area contributed by atoms with Crippen LogP contribution in [0.1, 0.15) is 20.3 Å². The minimum atomic E-state index is -0.0847. The van der Waals surface area contributed by atoms with Crippen LogP contribution in [0.15, 0.2) is 29.2 Å². The molecule has 0 spiro atoms. The molecule has 1 aromatic carbocycles. The first-order valence-electron chi connectivity index (χ1n) is 5.97. The van der Waals surface area contributed by atoms with Crippen LogP contribution in [0.2, 0.25) is 0 Å². The summed E-state index contributed by atoms with van der Waals surface area (Å²) in [6, 6.07) is 7.92. The van der Waals surface area contributed by atoms with Gasteiger partial charge in [0.25, 0.3) is 0 Å². The third-order valence-corrected chi connectivity index (χ3v) is 3.21. The Hall–Kier alpha value is -0.710. The third-order valence-electron chi connectivity index (χ3n) is 2.19. The van der Waals surface area contributed by atoms with Gasteiger partial charge in [0, 0.05) is 36.0 Å². The highest BCUT2D eigenvalue weighted by molar-refractivity contribution is 7.99. The lowest BCUT2D eigenvalue weighted by atomic mass is 10.3. The fourth-order valence-electron chi connectivity index (χ4n) is 1.46. The Morgan fingerprint density at radius 1 is 1.24 bits per heavy atom. The van der Waals surface area contributed by atoms with Gasteiger partial charge in [-0.15, -0.1) is 11.8 Å². The fraction of sp³-hybridized carbons (Fsp3) is 0.538. The largest absolute Gasteiger partial charge is 0.399 e. The molecule has 17 heavy (non-hydrogen) atoms. The average molecular weight is 255 g/mol. The summed E-state index contributed by atoms with van der Waals surface area (Å²) in [6.45, 7) is 5.34. The number of ether oxygens (including phenoxy) is 2. The molecule has 0 bridgehead atoms. The molecular formula is C13H21NO2S. The van der Waals surface area contributed by atoms with E-state index in [1.807, 2.05) is 32.0 Å². The number of hydrogen-bond acceptors (Lipinski definition) is 4. The Labute approximate surface area is 108 Å². The minimum Gasteiger partial charge on any atom is -0.399 e. The number of anilines is 1. The van der Waals surface area contributed by atoms with Crippen molar-refractivity contribution in [1.29, 1.82) is 0 Å². The first-order chi connectivity index (χ1) is 8.26. The van der Waals surface area contributed by atoms with E-state index in [0.29, 0.717) is 13.2 Å². The lowest BCUT2D eigenvalue weighted by Gasteiger charge is -2.16. The molecular weight excluding hydrogens is 234 g/mol. The van der Waals surface area contributed by atoms with Gasteiger partial charge in [0.05, 0.1) is 0 Å². The van der Waals surface area contributed by atoms with Gasteiger partial charge in [-0.1, -0.05) is 6.07 Å². The predicted molar refractivity (Wildman–Crippen MR) is 73.2 cm³/mol. The molecule has 0 aliphatic heterocycles. The molecule has 1 aromatic rings. The highest BCUT2D eigenvalue weighted by Gasteiger charge is 2.07. The Balaban J connectivity index is 2.30. The van der Waals surface area contributed by atoms with Crippen LogP contribution in [-0.2, 0) is 9.47 Å². The lowest BCUT2D eigenvalue weighted by molar-refractivity contribution is -0.136. The van der Waals surface area contributed by atoms with Gasteiger partial charge in [-0.25, -0.2) is 0 Å². The molecule has 0 radical (unpaired) electrons. The van der Waals surface area contributed by atoms with Gasteiger partial charge in [-0.2, -0.15) is 0 Å². The summed E-state index contributed by atoms with van der Waals surface area (Å²) >= 11 is 1.77. The molecule has 0 saturated carbocycles. The van der Waals surface area contributed by atoms with E-state index in [1.54, 1.807) is 11.8 Å². The van der Waals surface area contributed by atoms with Crippen LogP contribution in [0.4, 0.5) is 5.69 Å². The van der Waals surface area contributed by atoms with Crippen molar-refractivity contribution < 1.29 is 9.47 Å². The summed E-state index contributed by atoms with van der Waals surface area (Å²) in [5.41, 5.74) is 6.53. The van der Waals surface area contributed by atoms with E-state index < -0.39 is 0 Å². The van der Waals surface area contributed by atoms with Gasteiger partial charge < -0.3 is 15.2 Å². The van der Waals surface area contributed by atoms with Gasteiger partial charge in [-0.05, 0) is 32.0 Å². The smallest absolute Gasteiger partial charge is 0.158 e. The zero-order chi connectivity index (χ0) is 12.5. The second kappa shape index (κ2) is 8.39. The standard InChI is InChI=1S/C13H21NO2S/c1-3-15-13(16-4-2)8-9-17-12-7-5-6-11(14)10-12/h5-7,10,13H,3-4,8-9,14H2,1-2H3. The van der Waals surface area contributed by atoms with Crippen LogP contribution in [0.5, 0.6) is 0 Å². The summed E-state index contributed by atoms with van der Waals surface area (Å²) in [4.78, 5) is 1.19. The molecule has 0 atom stereocenters. The molecule has 0 aliphatic carbocycles. The van der Waals surface area contributed by atoms with Gasteiger partial charge in [0.1, 0.15) is 0 Å². The number of rotatable bonds is 8. The maximum atomic E-state index is 5.72. The topological polar surface area (TPSA) is 44.5 Å². The highest BCUT2D eigenvalue weighted by atomic mass is 32.2. The van der Waals surface area contributed by atoms with Gasteiger partial charge in [-0.3, -0.25) is 0 Å². The number of nitrogen functional groups attached to an aromatic ring is 1. The lowest BCUT2D eigenvalue weighted by Crippen LogP contribution is -2.18. The van der Waals surface area contributed by atoms with Crippen molar-refractivity contribution in [2.75, 3.05) is 24.7 Å². The molecule has 4 heteroatoms. The summed E-state index contributed by atoms with van der Waals surface area (Å²) in [7, 11) is 0. The van der Waals surface area contributed by atoms with E-state index in [9.17, 15) is 0 Å². The normalized spacial score (nSPS) is 11.0. The molecule has 0 unspecified atom stereocenters. The molecule has 0 amide bonds. The van der Waals surface area contributed by atoms with Crippen LogP contribution in [0, 0.1) is 0 Å². The van der Waals surface area contributed by atoms with Crippen LogP contribution in [0.3, 0.4) is 0 Å². The van der Waals surface area contributed by atoms with E-state index in [4.69, 9.17) is 15.2 Å². The van der Waals surface area contributed by atoms with Crippen molar-refractivity contribution in [3.05, 3.63) is 24.3 Å². The second-order valence-corrected chi connectivity index (χ2v) is 4.72. The van der Waals surface area contributed by atoms with Crippen molar-refractivity contribution >= 4 is 17.4 Å². The number of benzene rings is 1. The zero-order valence-electron chi connectivity index (χ0n) is 10.5. The molecule has 96 valence electrons. The molecule has 0 heterocycles. The first-order valence-corrected chi connectivity index (χ1v) is 6.96. The van der Waals surface area contributed by atoms with E-state index in [0.717, 1.165) is 17.9 Å². The maximum absolute atomic E-state index is 5.72. The number of hydrogen-bond donors (Lipinski definition) is 1. The fourth-order valence-corrected chi connectivity index (χ4v) is 2.40. The van der Waals surface area contributed by atoms with Gasteiger partial charge >= 0.3 is 0 Å². The quantitative estimate of drug-likeness (QED) is 0.440. The van der Waals surface area contributed by atoms with E-state index in [-0.39, 0.29) is 6.29 Å². The van der Waals surface area contributed by atoms with Gasteiger partial charge in [0.2, 0.25) is 0 Å². The van der Waals surface area contributed by atoms with Crippen molar-refractivity contribution in [3.8, 4) is 0 Å². The zero-order valence-corrected chi connectivity index (χ0v) is 11.3. The van der Waals surface area contributed by atoms with Crippen LogP contribution in [0.25, 0.3) is 0 Å².